The minimum absolute atomic E-state index is 0.105. The second-order valence-corrected chi connectivity index (χ2v) is 7.24. The second-order valence-electron chi connectivity index (χ2n) is 7.24. The molecule has 0 bridgehead atoms. The third kappa shape index (κ3) is 3.94. The smallest absolute Gasteiger partial charge is 0.231 e. The van der Waals surface area contributed by atoms with Crippen molar-refractivity contribution >= 4 is 11.9 Å². The van der Waals surface area contributed by atoms with Gasteiger partial charge in [-0.05, 0) is 60.4 Å². The van der Waals surface area contributed by atoms with Crippen LogP contribution in [0.5, 0.6) is 17.2 Å². The maximum atomic E-state index is 12.8. The van der Waals surface area contributed by atoms with Gasteiger partial charge in [0, 0.05) is 5.56 Å². The van der Waals surface area contributed by atoms with Crippen molar-refractivity contribution in [2.45, 2.75) is 26.9 Å². The van der Waals surface area contributed by atoms with Crippen LogP contribution in [-0.2, 0) is 13.0 Å². The van der Waals surface area contributed by atoms with Gasteiger partial charge >= 0.3 is 0 Å². The molecule has 0 unspecified atom stereocenters. The highest BCUT2D eigenvalue weighted by molar-refractivity contribution is 6.14. The van der Waals surface area contributed by atoms with E-state index in [9.17, 15) is 4.79 Å². The normalized spacial score (nSPS) is 13.8. The Balaban J connectivity index is 1.54. The van der Waals surface area contributed by atoms with Crippen LogP contribution in [0.25, 0.3) is 6.08 Å². The Kier molecular flexibility index (Phi) is 5.57. The molecule has 1 aliphatic rings. The lowest BCUT2D eigenvalue weighted by atomic mass is 10.0. The fourth-order valence-electron chi connectivity index (χ4n) is 3.45. The number of ketones is 1. The van der Waals surface area contributed by atoms with Crippen molar-refractivity contribution in [3.05, 3.63) is 94.2 Å². The van der Waals surface area contributed by atoms with E-state index in [2.05, 4.69) is 19.1 Å². The number of aryl methyl sites for hydroxylation is 1. The van der Waals surface area contributed by atoms with Crippen LogP contribution < -0.4 is 14.2 Å². The first-order valence-corrected chi connectivity index (χ1v) is 10.0. The highest BCUT2D eigenvalue weighted by atomic mass is 16.5. The fraction of sp³-hybridized carbons (Fsp3) is 0.192. The summed E-state index contributed by atoms with van der Waals surface area (Å²) in [6.07, 6.45) is 2.77. The molecule has 0 aromatic heterocycles. The van der Waals surface area contributed by atoms with Crippen molar-refractivity contribution < 1.29 is 19.0 Å². The summed E-state index contributed by atoms with van der Waals surface area (Å²) in [5.41, 5.74) is 4.58. The van der Waals surface area contributed by atoms with Crippen LogP contribution in [0.15, 0.2) is 66.4 Å². The maximum Gasteiger partial charge on any atom is 0.231 e. The maximum absolute atomic E-state index is 12.8. The molecule has 152 valence electrons. The zero-order chi connectivity index (χ0) is 21.1. The summed E-state index contributed by atoms with van der Waals surface area (Å²) in [5, 5.41) is 0. The Bertz CT molecular complexity index is 1110. The van der Waals surface area contributed by atoms with Gasteiger partial charge in [-0.25, -0.2) is 0 Å². The molecule has 0 spiro atoms. The summed E-state index contributed by atoms with van der Waals surface area (Å²) in [6.45, 7) is 4.42. The number of hydrogen-bond donors (Lipinski definition) is 0. The third-order valence-corrected chi connectivity index (χ3v) is 5.25. The first kappa shape index (κ1) is 19.8. The van der Waals surface area contributed by atoms with Crippen molar-refractivity contribution in [1.29, 1.82) is 0 Å². The number of ether oxygens (including phenoxy) is 3. The molecule has 0 saturated heterocycles. The van der Waals surface area contributed by atoms with Crippen molar-refractivity contribution in [3.63, 3.8) is 0 Å². The van der Waals surface area contributed by atoms with Gasteiger partial charge in [-0.1, -0.05) is 43.3 Å². The molecule has 0 saturated carbocycles. The largest absolute Gasteiger partial charge is 0.497 e. The number of Topliss-reactive ketones (excluding diaryl/α,β-unsaturated/α-hetero) is 1. The Morgan fingerprint density at radius 2 is 1.80 bits per heavy atom. The van der Waals surface area contributed by atoms with E-state index in [-0.39, 0.29) is 5.78 Å². The molecule has 4 nitrogen and oxygen atoms in total. The summed E-state index contributed by atoms with van der Waals surface area (Å²) in [5.74, 6) is 2.28. The molecule has 0 fully saturated rings. The molecule has 30 heavy (non-hydrogen) atoms. The minimum Gasteiger partial charge on any atom is -0.497 e. The third-order valence-electron chi connectivity index (χ3n) is 5.25. The summed E-state index contributed by atoms with van der Waals surface area (Å²) >= 11 is 0. The molecule has 1 aliphatic heterocycles. The van der Waals surface area contributed by atoms with Gasteiger partial charge in [0.25, 0.3) is 0 Å². The molecule has 0 atom stereocenters. The van der Waals surface area contributed by atoms with Crippen LogP contribution in [0.2, 0.25) is 0 Å². The molecule has 3 aromatic rings. The molecule has 0 N–H and O–H groups in total. The van der Waals surface area contributed by atoms with E-state index in [1.807, 2.05) is 49.4 Å². The standard InChI is InChI=1S/C26H24O4/c1-4-18-8-10-19(11-9-18)15-24-25(27)22-12-13-23(17(2)26(22)30-24)29-16-20-6-5-7-21(14-20)28-3/h5-15H,4,16H2,1-3H3/b24-15-. The number of carbonyl (C=O) groups is 1. The Morgan fingerprint density at radius 3 is 2.53 bits per heavy atom. The van der Waals surface area contributed by atoms with Gasteiger partial charge in [0.2, 0.25) is 5.78 Å². The van der Waals surface area contributed by atoms with E-state index in [1.54, 1.807) is 19.3 Å². The molecular weight excluding hydrogens is 376 g/mol. The zero-order valence-corrected chi connectivity index (χ0v) is 17.4. The summed E-state index contributed by atoms with van der Waals surface area (Å²) in [4.78, 5) is 12.8. The fourth-order valence-corrected chi connectivity index (χ4v) is 3.45. The Morgan fingerprint density at radius 1 is 1.00 bits per heavy atom. The van der Waals surface area contributed by atoms with E-state index < -0.39 is 0 Å². The lowest BCUT2D eigenvalue weighted by Gasteiger charge is -2.12. The number of hydrogen-bond acceptors (Lipinski definition) is 4. The zero-order valence-electron chi connectivity index (χ0n) is 17.4. The molecule has 0 aliphatic carbocycles. The average Bonchev–Trinajstić information content (AvgIpc) is 3.10. The summed E-state index contributed by atoms with van der Waals surface area (Å²) in [7, 11) is 1.64. The molecule has 0 radical (unpaired) electrons. The predicted molar refractivity (Wildman–Crippen MR) is 117 cm³/mol. The van der Waals surface area contributed by atoms with Crippen molar-refractivity contribution in [2.75, 3.05) is 7.11 Å². The van der Waals surface area contributed by atoms with E-state index >= 15 is 0 Å². The van der Waals surface area contributed by atoms with Gasteiger partial charge in [-0.15, -0.1) is 0 Å². The minimum atomic E-state index is -0.105. The van der Waals surface area contributed by atoms with E-state index in [4.69, 9.17) is 14.2 Å². The van der Waals surface area contributed by atoms with Crippen molar-refractivity contribution in [2.24, 2.45) is 0 Å². The number of benzene rings is 3. The van der Waals surface area contributed by atoms with Gasteiger partial charge in [0.15, 0.2) is 5.76 Å². The predicted octanol–water partition coefficient (Wildman–Crippen LogP) is 5.76. The topological polar surface area (TPSA) is 44.8 Å². The highest BCUT2D eigenvalue weighted by Gasteiger charge is 2.30. The van der Waals surface area contributed by atoms with E-state index in [0.29, 0.717) is 29.4 Å². The van der Waals surface area contributed by atoms with Crippen LogP contribution in [0.3, 0.4) is 0 Å². The van der Waals surface area contributed by atoms with E-state index in [1.165, 1.54) is 5.56 Å². The lowest BCUT2D eigenvalue weighted by Crippen LogP contribution is -1.99. The second kappa shape index (κ2) is 8.46. The summed E-state index contributed by atoms with van der Waals surface area (Å²) in [6, 6.07) is 19.5. The average molecular weight is 400 g/mol. The number of carbonyl (C=O) groups excluding carboxylic acids is 1. The van der Waals surface area contributed by atoms with Gasteiger partial charge in [-0.2, -0.15) is 0 Å². The Labute approximate surface area is 176 Å². The summed E-state index contributed by atoms with van der Waals surface area (Å²) < 4.78 is 17.2. The number of fused-ring (bicyclic) bond motifs is 1. The van der Waals surface area contributed by atoms with E-state index in [0.717, 1.165) is 28.9 Å². The van der Waals surface area contributed by atoms with Crippen LogP contribution in [0, 0.1) is 6.92 Å². The number of rotatable bonds is 6. The highest BCUT2D eigenvalue weighted by Crippen LogP contribution is 2.39. The van der Waals surface area contributed by atoms with Crippen molar-refractivity contribution in [3.8, 4) is 17.2 Å². The van der Waals surface area contributed by atoms with Crippen molar-refractivity contribution in [1.82, 2.24) is 0 Å². The first-order valence-electron chi connectivity index (χ1n) is 10.0. The lowest BCUT2D eigenvalue weighted by molar-refractivity contribution is 0.101. The van der Waals surface area contributed by atoms with Gasteiger partial charge in [0.05, 0.1) is 12.7 Å². The van der Waals surface area contributed by atoms with Crippen LogP contribution in [-0.4, -0.2) is 12.9 Å². The SMILES string of the molecule is CCc1ccc(/C=C2\Oc3c(ccc(OCc4cccc(OC)c4)c3C)C2=O)cc1. The number of allylic oxidation sites excluding steroid dienone is 1. The molecule has 4 rings (SSSR count). The quantitative estimate of drug-likeness (QED) is 0.494. The first-order chi connectivity index (χ1) is 14.6. The van der Waals surface area contributed by atoms with Gasteiger partial charge in [-0.3, -0.25) is 4.79 Å². The molecule has 4 heteroatoms. The molecular formula is C26H24O4. The molecule has 3 aromatic carbocycles. The van der Waals surface area contributed by atoms with Gasteiger partial charge in [0.1, 0.15) is 23.9 Å². The van der Waals surface area contributed by atoms with Crippen LogP contribution >= 0.6 is 0 Å². The van der Waals surface area contributed by atoms with Gasteiger partial charge < -0.3 is 14.2 Å². The number of methoxy groups -OCH3 is 1. The van der Waals surface area contributed by atoms with Crippen LogP contribution in [0.4, 0.5) is 0 Å². The monoisotopic (exact) mass is 400 g/mol. The molecule has 0 amide bonds. The Hall–Kier alpha value is -3.53. The van der Waals surface area contributed by atoms with Crippen LogP contribution in [0.1, 0.15) is 39.5 Å². The molecule has 1 heterocycles.